The van der Waals surface area contributed by atoms with Crippen LogP contribution in [0.1, 0.15) is 21.1 Å². The van der Waals surface area contributed by atoms with E-state index in [1.54, 1.807) is 18.2 Å². The Labute approximate surface area is 135 Å². The lowest BCUT2D eigenvalue weighted by molar-refractivity contribution is -0.125. The number of hydrazine groups is 1. The van der Waals surface area contributed by atoms with Crippen LogP contribution >= 0.6 is 0 Å². The molecule has 2 heterocycles. The molecule has 2 amide bonds. The van der Waals surface area contributed by atoms with E-state index in [-0.39, 0.29) is 11.5 Å². The smallest absolute Gasteiger partial charge is 0.374 e. The van der Waals surface area contributed by atoms with Gasteiger partial charge < -0.3 is 13.6 Å². The number of hydrogen-bond acceptors (Lipinski definition) is 6. The Morgan fingerprint density at radius 3 is 2.58 bits per heavy atom. The van der Waals surface area contributed by atoms with Gasteiger partial charge in [0.15, 0.2) is 12.4 Å². The largest absolute Gasteiger partial charge is 0.459 e. The second-order valence-corrected chi connectivity index (χ2v) is 4.70. The highest BCUT2D eigenvalue weighted by molar-refractivity contribution is 5.95. The summed E-state index contributed by atoms with van der Waals surface area (Å²) in [4.78, 5) is 34.9. The summed E-state index contributed by atoms with van der Waals surface area (Å²) >= 11 is 0. The number of carbonyl (C=O) groups excluding carboxylic acids is 3. The Balaban J connectivity index is 1.48. The summed E-state index contributed by atoms with van der Waals surface area (Å²) in [6.45, 7) is -0.575. The first-order valence-corrected chi connectivity index (χ1v) is 6.92. The number of rotatable bonds is 4. The minimum atomic E-state index is -0.779. The van der Waals surface area contributed by atoms with Gasteiger partial charge in [-0.2, -0.15) is 0 Å². The summed E-state index contributed by atoms with van der Waals surface area (Å²) in [5.74, 6) is -2.09. The third-order valence-electron chi connectivity index (χ3n) is 3.02. The van der Waals surface area contributed by atoms with E-state index in [0.717, 1.165) is 5.39 Å². The zero-order valence-electron chi connectivity index (χ0n) is 12.3. The quantitative estimate of drug-likeness (QED) is 0.556. The van der Waals surface area contributed by atoms with Crippen LogP contribution in [0, 0.1) is 0 Å². The number of amides is 2. The molecule has 0 aliphatic carbocycles. The second-order valence-electron chi connectivity index (χ2n) is 4.70. The van der Waals surface area contributed by atoms with Crippen LogP contribution in [-0.2, 0) is 9.53 Å². The first-order valence-electron chi connectivity index (χ1n) is 6.92. The predicted molar refractivity (Wildman–Crippen MR) is 80.8 cm³/mol. The van der Waals surface area contributed by atoms with Crippen LogP contribution in [0.25, 0.3) is 11.0 Å². The highest BCUT2D eigenvalue weighted by atomic mass is 16.5. The van der Waals surface area contributed by atoms with Gasteiger partial charge in [-0.05, 0) is 24.3 Å². The SMILES string of the molecule is O=C(COC(=O)c1cc2ccccc2o1)NNC(=O)c1ccco1. The lowest BCUT2D eigenvalue weighted by Gasteiger charge is -2.06. The molecule has 2 aromatic heterocycles. The monoisotopic (exact) mass is 328 g/mol. The van der Waals surface area contributed by atoms with E-state index >= 15 is 0 Å². The zero-order chi connectivity index (χ0) is 16.9. The van der Waals surface area contributed by atoms with Crippen molar-refractivity contribution in [1.82, 2.24) is 10.9 Å². The van der Waals surface area contributed by atoms with E-state index in [0.29, 0.717) is 5.58 Å². The molecule has 0 aliphatic rings. The molecule has 3 rings (SSSR count). The van der Waals surface area contributed by atoms with Crippen molar-refractivity contribution in [1.29, 1.82) is 0 Å². The maximum absolute atomic E-state index is 11.8. The summed E-state index contributed by atoms with van der Waals surface area (Å²) < 4.78 is 15.0. The Kier molecular flexibility index (Phi) is 4.28. The van der Waals surface area contributed by atoms with Crippen molar-refractivity contribution in [2.45, 2.75) is 0 Å². The number of hydrogen-bond donors (Lipinski definition) is 2. The van der Waals surface area contributed by atoms with Gasteiger partial charge in [0.05, 0.1) is 6.26 Å². The lowest BCUT2D eigenvalue weighted by atomic mass is 10.2. The number of furan rings is 2. The average molecular weight is 328 g/mol. The summed E-state index contributed by atoms with van der Waals surface area (Å²) in [6, 6.07) is 11.6. The van der Waals surface area contributed by atoms with Gasteiger partial charge in [0.1, 0.15) is 5.58 Å². The van der Waals surface area contributed by atoms with E-state index in [1.807, 2.05) is 6.07 Å². The van der Waals surface area contributed by atoms with Crippen molar-refractivity contribution in [3.63, 3.8) is 0 Å². The van der Waals surface area contributed by atoms with Crippen LogP contribution in [0.15, 0.2) is 57.6 Å². The molecule has 0 radical (unpaired) electrons. The highest BCUT2D eigenvalue weighted by Gasteiger charge is 2.16. The molecule has 8 nitrogen and oxygen atoms in total. The molecule has 0 aliphatic heterocycles. The third kappa shape index (κ3) is 3.43. The number of fused-ring (bicyclic) bond motifs is 1. The van der Waals surface area contributed by atoms with E-state index in [9.17, 15) is 14.4 Å². The lowest BCUT2D eigenvalue weighted by Crippen LogP contribution is -2.43. The van der Waals surface area contributed by atoms with Crippen LogP contribution in [0.3, 0.4) is 0 Å². The number of para-hydroxylation sites is 1. The molecule has 0 saturated heterocycles. The molecule has 2 N–H and O–H groups in total. The van der Waals surface area contributed by atoms with Gasteiger partial charge in [-0.3, -0.25) is 20.4 Å². The summed E-state index contributed by atoms with van der Waals surface area (Å²) in [7, 11) is 0. The van der Waals surface area contributed by atoms with E-state index < -0.39 is 24.4 Å². The Hall–Kier alpha value is -3.55. The van der Waals surface area contributed by atoms with Crippen LogP contribution in [0.2, 0.25) is 0 Å². The molecule has 0 unspecified atom stereocenters. The zero-order valence-corrected chi connectivity index (χ0v) is 12.3. The van der Waals surface area contributed by atoms with Crippen molar-refractivity contribution in [3.8, 4) is 0 Å². The fourth-order valence-electron chi connectivity index (χ4n) is 1.92. The van der Waals surface area contributed by atoms with Crippen molar-refractivity contribution in [2.75, 3.05) is 6.61 Å². The van der Waals surface area contributed by atoms with Crippen molar-refractivity contribution in [3.05, 3.63) is 60.2 Å². The number of benzene rings is 1. The molecule has 0 fully saturated rings. The van der Waals surface area contributed by atoms with Crippen LogP contribution in [0.5, 0.6) is 0 Å². The number of nitrogens with one attached hydrogen (secondary N) is 2. The minimum Gasteiger partial charge on any atom is -0.459 e. The first kappa shape index (κ1) is 15.3. The molecule has 0 bridgehead atoms. The van der Waals surface area contributed by atoms with E-state index in [1.165, 1.54) is 24.5 Å². The predicted octanol–water partition coefficient (Wildman–Crippen LogP) is 1.64. The molecule has 0 spiro atoms. The van der Waals surface area contributed by atoms with Gasteiger partial charge in [0.2, 0.25) is 5.76 Å². The first-order chi connectivity index (χ1) is 11.6. The Morgan fingerprint density at radius 2 is 1.83 bits per heavy atom. The number of ether oxygens (including phenoxy) is 1. The molecule has 0 atom stereocenters. The molecular formula is C16H12N2O6. The van der Waals surface area contributed by atoms with Crippen molar-refractivity contribution >= 4 is 28.8 Å². The Morgan fingerprint density at radius 1 is 1.00 bits per heavy atom. The summed E-state index contributed by atoms with van der Waals surface area (Å²) in [6.07, 6.45) is 1.33. The molecule has 0 saturated carbocycles. The van der Waals surface area contributed by atoms with Gasteiger partial charge in [-0.25, -0.2) is 4.79 Å². The molecule has 8 heteroatoms. The summed E-state index contributed by atoms with van der Waals surface area (Å²) in [5, 5.41) is 0.750. The second kappa shape index (κ2) is 6.69. The standard InChI is InChI=1S/C16H12N2O6/c19-14(17-18-15(20)12-6-3-7-22-12)9-23-16(21)13-8-10-4-1-2-5-11(10)24-13/h1-8H,9H2,(H,17,19)(H,18,20). The van der Waals surface area contributed by atoms with Crippen LogP contribution < -0.4 is 10.9 Å². The van der Waals surface area contributed by atoms with Gasteiger partial charge in [0.25, 0.3) is 5.91 Å². The number of esters is 1. The molecule has 122 valence electrons. The average Bonchev–Trinajstić information content (AvgIpc) is 3.26. The van der Waals surface area contributed by atoms with Crippen molar-refractivity contribution in [2.24, 2.45) is 0 Å². The minimum absolute atomic E-state index is 0.0105. The normalized spacial score (nSPS) is 10.3. The van der Waals surface area contributed by atoms with Crippen molar-refractivity contribution < 1.29 is 28.0 Å². The number of carbonyl (C=O) groups is 3. The summed E-state index contributed by atoms with van der Waals surface area (Å²) in [5.41, 5.74) is 4.76. The van der Waals surface area contributed by atoms with E-state index in [2.05, 4.69) is 10.9 Å². The topological polar surface area (TPSA) is 111 Å². The van der Waals surface area contributed by atoms with Gasteiger partial charge in [-0.1, -0.05) is 18.2 Å². The fraction of sp³-hybridized carbons (Fsp3) is 0.0625. The van der Waals surface area contributed by atoms with Gasteiger partial charge in [0, 0.05) is 5.39 Å². The van der Waals surface area contributed by atoms with Gasteiger partial charge in [-0.15, -0.1) is 0 Å². The maximum atomic E-state index is 11.8. The third-order valence-corrected chi connectivity index (χ3v) is 3.02. The Bertz CT molecular complexity index is 848. The molecule has 3 aromatic rings. The van der Waals surface area contributed by atoms with Crippen LogP contribution in [0.4, 0.5) is 0 Å². The van der Waals surface area contributed by atoms with E-state index in [4.69, 9.17) is 13.6 Å². The van der Waals surface area contributed by atoms with Crippen LogP contribution in [-0.4, -0.2) is 24.4 Å². The molecule has 1 aromatic carbocycles. The highest BCUT2D eigenvalue weighted by Crippen LogP contribution is 2.19. The van der Waals surface area contributed by atoms with Gasteiger partial charge >= 0.3 is 11.9 Å². The fourth-order valence-corrected chi connectivity index (χ4v) is 1.92. The molecular weight excluding hydrogens is 316 g/mol. The molecule has 24 heavy (non-hydrogen) atoms. The maximum Gasteiger partial charge on any atom is 0.374 e.